The van der Waals surface area contributed by atoms with E-state index < -0.39 is 49.4 Å². The summed E-state index contributed by atoms with van der Waals surface area (Å²) in [6.07, 6.45) is -1.63. The molecule has 1 fully saturated rings. The van der Waals surface area contributed by atoms with Crippen LogP contribution in [0, 0.1) is 17.2 Å². The minimum Gasteiger partial charge on any atom is -0.463 e. The molecule has 6 atom stereocenters. The van der Waals surface area contributed by atoms with Crippen molar-refractivity contribution in [1.29, 1.82) is 0 Å². The fourth-order valence-corrected chi connectivity index (χ4v) is 6.50. The van der Waals surface area contributed by atoms with Gasteiger partial charge in [-0.2, -0.15) is 4.98 Å². The van der Waals surface area contributed by atoms with Gasteiger partial charge in [0.05, 0.1) is 37.3 Å². The second-order valence-corrected chi connectivity index (χ2v) is 12.3. The number of ether oxygens (including phenoxy) is 2. The number of carbonyl (C=O) groups excluding carboxylic acids is 1. The molecule has 3 N–H and O–H groups in total. The average molecular weight is 612 g/mol. The summed E-state index contributed by atoms with van der Waals surface area (Å²) in [5.41, 5.74) is 6.42. The van der Waals surface area contributed by atoms with Crippen LogP contribution in [0.2, 0.25) is 0 Å². The smallest absolute Gasteiger partial charge is 0.380 e. The summed E-state index contributed by atoms with van der Waals surface area (Å²) in [6.45, 7) is 4.55. The van der Waals surface area contributed by atoms with E-state index in [0.29, 0.717) is 5.52 Å². The molecule has 2 aromatic heterocycles. The van der Waals surface area contributed by atoms with Gasteiger partial charge in [0.15, 0.2) is 16.7 Å². The van der Waals surface area contributed by atoms with Crippen LogP contribution in [0.5, 0.6) is 5.75 Å². The number of aliphatic hydroxyl groups is 1. The number of rotatable bonds is 10. The number of alkyl halides is 1. The Hall–Kier alpha value is -2.91. The van der Waals surface area contributed by atoms with Crippen molar-refractivity contribution in [3.63, 3.8) is 0 Å². The number of halogens is 2. The number of para-hydroxylation sites is 1. The number of carbonyl (C=O) groups is 1. The molecule has 1 aliphatic rings. The maximum atomic E-state index is 13.9. The summed E-state index contributed by atoms with van der Waals surface area (Å²) in [6, 6.07) is 8.36. The monoisotopic (exact) mass is 611 g/mol. The van der Waals surface area contributed by atoms with Crippen LogP contribution < -0.4 is 10.3 Å². The second-order valence-electron chi connectivity index (χ2n) is 9.43. The number of hydrogen-bond acceptors (Lipinski definition) is 11. The van der Waals surface area contributed by atoms with Gasteiger partial charge in [-0.1, -0.05) is 42.6 Å². The summed E-state index contributed by atoms with van der Waals surface area (Å²) in [5, 5.41) is 13.4. The van der Waals surface area contributed by atoms with Crippen LogP contribution in [0.25, 0.3) is 11.2 Å². The minimum absolute atomic E-state index is 0.0135. The quantitative estimate of drug-likeness (QED) is 0.149. The molecule has 0 aliphatic carbocycles. The molecule has 3 aromatic rings. The Morgan fingerprint density at radius 2 is 2.02 bits per heavy atom. The van der Waals surface area contributed by atoms with Crippen molar-refractivity contribution < 1.29 is 33.0 Å². The van der Waals surface area contributed by atoms with E-state index in [2.05, 4.69) is 26.3 Å². The van der Waals surface area contributed by atoms with Gasteiger partial charge < -0.3 is 24.8 Å². The largest absolute Gasteiger partial charge is 0.463 e. The van der Waals surface area contributed by atoms with Crippen molar-refractivity contribution in [1.82, 2.24) is 19.5 Å². The van der Waals surface area contributed by atoms with E-state index in [-0.39, 0.29) is 29.6 Å². The van der Waals surface area contributed by atoms with E-state index >= 15 is 0 Å². The van der Waals surface area contributed by atoms with Gasteiger partial charge in [0.25, 0.3) is 0 Å². The fourth-order valence-electron chi connectivity index (χ4n) is 4.08. The number of aromatic nitrogens is 4. The third-order valence-electron chi connectivity index (χ3n) is 5.95. The Balaban J connectivity index is 1.59. The minimum atomic E-state index is -4.01. The number of hydrogen-bond donors (Lipinski definition) is 2. The zero-order chi connectivity index (χ0) is 29.1. The van der Waals surface area contributed by atoms with Gasteiger partial charge in [0.2, 0.25) is 5.95 Å². The summed E-state index contributed by atoms with van der Waals surface area (Å²) in [4.78, 5) is 23.0. The van der Waals surface area contributed by atoms with Crippen molar-refractivity contribution >= 4 is 53.9 Å². The Morgan fingerprint density at radius 3 is 2.70 bits per heavy atom. The Kier molecular flexibility index (Phi) is 9.25. The van der Waals surface area contributed by atoms with Gasteiger partial charge >= 0.3 is 13.6 Å². The normalized spacial score (nSPS) is 24.7. The van der Waals surface area contributed by atoms with Gasteiger partial charge in [-0.05, 0) is 37.6 Å². The summed E-state index contributed by atoms with van der Waals surface area (Å²) < 4.78 is 38.2. The highest BCUT2D eigenvalue weighted by molar-refractivity contribution is 7.54. The molecular weight excluding hydrogens is 584 g/mol. The van der Waals surface area contributed by atoms with Crippen LogP contribution in [-0.2, 0) is 23.4 Å². The first-order valence-corrected chi connectivity index (χ1v) is 14.7. The summed E-state index contributed by atoms with van der Waals surface area (Å²) in [7, 11) is -4.01. The molecule has 1 unspecified atom stereocenters. The van der Waals surface area contributed by atoms with Crippen molar-refractivity contribution in [3.05, 3.63) is 42.9 Å². The van der Waals surface area contributed by atoms with Gasteiger partial charge in [0.1, 0.15) is 23.5 Å². The first-order chi connectivity index (χ1) is 19.0. The van der Waals surface area contributed by atoms with Crippen LogP contribution in [0.3, 0.4) is 0 Å². The predicted octanol–water partition coefficient (Wildman–Crippen LogP) is 3.72. The number of nitrogen functional groups attached to an aromatic ring is 1. The highest BCUT2D eigenvalue weighted by atomic mass is 35.5. The van der Waals surface area contributed by atoms with E-state index in [1.165, 1.54) is 17.1 Å². The number of fused-ring (bicyclic) bond motifs is 1. The lowest BCUT2D eigenvalue weighted by Gasteiger charge is -2.25. The zero-order valence-electron chi connectivity index (χ0n) is 21.8. The standard InChI is InChI=1S/C25H28Cl2N5O7P/c1-15(2)37-22(34)16(3)13-40(35,39-17-7-5-4-6-8-17)36-12-19-20(33)25(27,9-10-26)23(38-19)32-14-30-18-11-29-24(28)31-21(18)32/h4-8,11,14-16,19-20,23,33H,12-13H2,1-3H3,(H2,28,29,31)/t16-,19-,20+,23-,25?,40+/m1/s1. The van der Waals surface area contributed by atoms with Crippen molar-refractivity contribution in [2.75, 3.05) is 18.5 Å². The SMILES string of the molecule is CC(C)OC(=O)[C@H](C)C[P@](=O)(OC[C@H]1O[C@@H](n2cnc3cnc(N)nc32)C(Cl)(C#CCl)[C@H]1O)Oc1ccccc1. The number of anilines is 1. The van der Waals surface area contributed by atoms with E-state index in [1.54, 1.807) is 51.1 Å². The van der Waals surface area contributed by atoms with Crippen LogP contribution in [-0.4, -0.2) is 66.5 Å². The molecule has 214 valence electrons. The summed E-state index contributed by atoms with van der Waals surface area (Å²) >= 11 is 12.5. The Bertz CT molecular complexity index is 1460. The third-order valence-corrected chi connectivity index (χ3v) is 8.57. The molecule has 1 aliphatic heterocycles. The van der Waals surface area contributed by atoms with E-state index in [4.69, 9.17) is 47.5 Å². The topological polar surface area (TPSA) is 161 Å². The van der Waals surface area contributed by atoms with E-state index in [0.717, 1.165) is 0 Å². The molecule has 3 heterocycles. The maximum Gasteiger partial charge on any atom is 0.380 e. The lowest BCUT2D eigenvalue weighted by Crippen LogP contribution is -2.41. The Labute approximate surface area is 240 Å². The first kappa shape index (κ1) is 30.1. The molecular formula is C25H28Cl2N5O7P. The molecule has 0 amide bonds. The number of esters is 1. The highest BCUT2D eigenvalue weighted by Crippen LogP contribution is 2.52. The molecule has 0 radical (unpaired) electrons. The van der Waals surface area contributed by atoms with Crippen molar-refractivity contribution in [2.45, 2.75) is 50.2 Å². The predicted molar refractivity (Wildman–Crippen MR) is 148 cm³/mol. The average Bonchev–Trinajstić information content (AvgIpc) is 3.41. The van der Waals surface area contributed by atoms with Gasteiger partial charge in [0, 0.05) is 5.38 Å². The number of nitrogens with two attached hydrogens (primary N) is 1. The summed E-state index contributed by atoms with van der Waals surface area (Å²) in [5.74, 6) is 1.46. The highest BCUT2D eigenvalue weighted by Gasteiger charge is 2.56. The molecule has 0 saturated carbocycles. The number of aliphatic hydroxyl groups excluding tert-OH is 1. The molecule has 12 nitrogen and oxygen atoms in total. The second kappa shape index (κ2) is 12.3. The molecule has 15 heteroatoms. The fraction of sp³-hybridized carbons (Fsp3) is 0.440. The first-order valence-electron chi connectivity index (χ1n) is 12.2. The molecule has 1 aromatic carbocycles. The molecule has 0 spiro atoms. The number of nitrogens with zero attached hydrogens (tertiary/aromatic N) is 4. The van der Waals surface area contributed by atoms with Gasteiger partial charge in [-0.15, -0.1) is 0 Å². The van der Waals surface area contributed by atoms with Crippen LogP contribution in [0.1, 0.15) is 27.0 Å². The third kappa shape index (κ3) is 6.52. The molecule has 0 bridgehead atoms. The van der Waals surface area contributed by atoms with E-state index in [1.807, 2.05) is 0 Å². The van der Waals surface area contributed by atoms with Crippen LogP contribution in [0.4, 0.5) is 5.95 Å². The number of imidazole rings is 1. The molecule has 4 rings (SSSR count). The van der Waals surface area contributed by atoms with Gasteiger partial charge in [-0.25, -0.2) is 14.5 Å². The van der Waals surface area contributed by atoms with E-state index in [9.17, 15) is 14.5 Å². The molecule has 40 heavy (non-hydrogen) atoms. The van der Waals surface area contributed by atoms with Gasteiger partial charge in [-0.3, -0.25) is 13.9 Å². The maximum absolute atomic E-state index is 13.9. The lowest BCUT2D eigenvalue weighted by atomic mass is 9.99. The van der Waals surface area contributed by atoms with Crippen LogP contribution in [0.15, 0.2) is 42.9 Å². The number of benzene rings is 1. The molecule has 1 saturated heterocycles. The lowest BCUT2D eigenvalue weighted by molar-refractivity contribution is -0.151. The Morgan fingerprint density at radius 1 is 1.30 bits per heavy atom. The van der Waals surface area contributed by atoms with Crippen LogP contribution >= 0.6 is 30.8 Å². The zero-order valence-corrected chi connectivity index (χ0v) is 24.2. The van der Waals surface area contributed by atoms with Crippen molar-refractivity contribution in [2.24, 2.45) is 5.92 Å². The van der Waals surface area contributed by atoms with Crippen molar-refractivity contribution in [3.8, 4) is 17.0 Å².